The molecule has 0 fully saturated rings. The maximum absolute atomic E-state index is 14.0. The molecule has 3 aromatic heterocycles. The summed E-state index contributed by atoms with van der Waals surface area (Å²) in [5.41, 5.74) is 3.25. The Morgan fingerprint density at radius 2 is 1.89 bits per heavy atom. The maximum Gasteiger partial charge on any atom is 0.220 e. The number of nitrogens with zero attached hydrogens (tertiary/aromatic N) is 4. The zero-order chi connectivity index (χ0) is 19.0. The number of hydrogen-bond donors (Lipinski definition) is 0. The third-order valence-corrected chi connectivity index (χ3v) is 4.32. The number of aryl methyl sites for hydroxylation is 1. The zero-order valence-corrected chi connectivity index (χ0v) is 14.3. The van der Waals surface area contributed by atoms with Crippen molar-refractivity contribution >= 4 is 23.4 Å². The first kappa shape index (κ1) is 16.8. The van der Waals surface area contributed by atoms with Gasteiger partial charge in [-0.05, 0) is 54.4 Å². The van der Waals surface area contributed by atoms with Crippen LogP contribution in [0.3, 0.4) is 0 Å². The summed E-state index contributed by atoms with van der Waals surface area (Å²) >= 11 is 0. The summed E-state index contributed by atoms with van der Waals surface area (Å²) in [6, 6.07) is 10.6. The molecule has 1 aromatic carbocycles. The third-order valence-electron chi connectivity index (χ3n) is 4.32. The van der Waals surface area contributed by atoms with Gasteiger partial charge < -0.3 is 0 Å². The predicted octanol–water partition coefficient (Wildman–Crippen LogP) is 4.28. The average molecular weight is 364 g/mol. The molecule has 1 amide bonds. The standard InChI is InChI=1S/C20H14F2N4O/c1-13-11-26-15(7-8-24-26)9-16(13)14-5-6-19(23-10-14)25(12-27)20-17(21)3-2-4-18(20)22/h2-12H,1H3. The van der Waals surface area contributed by atoms with Crippen molar-refractivity contribution in [3.8, 4) is 11.1 Å². The third kappa shape index (κ3) is 2.93. The minimum Gasteiger partial charge on any atom is -0.278 e. The molecule has 7 heteroatoms. The van der Waals surface area contributed by atoms with Crippen LogP contribution in [0.5, 0.6) is 0 Å². The monoisotopic (exact) mass is 364 g/mol. The molecule has 0 atom stereocenters. The Morgan fingerprint density at radius 3 is 2.56 bits per heavy atom. The molecule has 4 aromatic rings. The summed E-state index contributed by atoms with van der Waals surface area (Å²) in [5.74, 6) is -1.55. The van der Waals surface area contributed by atoms with Gasteiger partial charge in [-0.15, -0.1) is 0 Å². The van der Waals surface area contributed by atoms with E-state index in [1.54, 1.807) is 29.0 Å². The van der Waals surface area contributed by atoms with E-state index in [1.807, 2.05) is 25.3 Å². The van der Waals surface area contributed by atoms with Crippen LogP contribution in [0.25, 0.3) is 16.6 Å². The Kier molecular flexibility index (Phi) is 4.12. The van der Waals surface area contributed by atoms with Crippen LogP contribution in [0.2, 0.25) is 0 Å². The smallest absolute Gasteiger partial charge is 0.220 e. The van der Waals surface area contributed by atoms with Crippen molar-refractivity contribution in [1.82, 2.24) is 14.6 Å². The van der Waals surface area contributed by atoms with Crippen LogP contribution in [-0.2, 0) is 4.79 Å². The molecular formula is C20H14F2N4O. The van der Waals surface area contributed by atoms with E-state index in [-0.39, 0.29) is 5.82 Å². The SMILES string of the molecule is Cc1cn2nccc2cc1-c1ccc(N(C=O)c2c(F)cccc2F)nc1. The van der Waals surface area contributed by atoms with Gasteiger partial charge in [-0.25, -0.2) is 18.3 Å². The van der Waals surface area contributed by atoms with Gasteiger partial charge in [0.15, 0.2) is 0 Å². The van der Waals surface area contributed by atoms with Crippen LogP contribution in [0.15, 0.2) is 61.1 Å². The fraction of sp³-hybridized carbons (Fsp3) is 0.0500. The summed E-state index contributed by atoms with van der Waals surface area (Å²) < 4.78 is 29.8. The number of benzene rings is 1. The fourth-order valence-corrected chi connectivity index (χ4v) is 3.00. The van der Waals surface area contributed by atoms with E-state index < -0.39 is 17.3 Å². The Hall–Kier alpha value is -3.61. The van der Waals surface area contributed by atoms with Crippen LogP contribution in [-0.4, -0.2) is 21.0 Å². The van der Waals surface area contributed by atoms with E-state index in [9.17, 15) is 13.6 Å². The predicted molar refractivity (Wildman–Crippen MR) is 97.7 cm³/mol. The van der Waals surface area contributed by atoms with Crippen molar-refractivity contribution in [3.05, 3.63) is 78.3 Å². The number of carbonyl (C=O) groups excluding carboxylic acids is 1. The van der Waals surface area contributed by atoms with E-state index >= 15 is 0 Å². The topological polar surface area (TPSA) is 50.5 Å². The average Bonchev–Trinajstić information content (AvgIpc) is 3.12. The number of fused-ring (bicyclic) bond motifs is 1. The summed E-state index contributed by atoms with van der Waals surface area (Å²) in [6.45, 7) is 1.96. The molecule has 0 saturated carbocycles. The Morgan fingerprint density at radius 1 is 1.11 bits per heavy atom. The van der Waals surface area contributed by atoms with Crippen LogP contribution in [0.4, 0.5) is 20.3 Å². The highest BCUT2D eigenvalue weighted by molar-refractivity contribution is 5.85. The van der Waals surface area contributed by atoms with Gasteiger partial charge >= 0.3 is 0 Å². The number of carbonyl (C=O) groups is 1. The minimum atomic E-state index is -0.838. The number of aromatic nitrogens is 3. The number of halogens is 2. The number of amides is 1. The maximum atomic E-state index is 14.0. The van der Waals surface area contributed by atoms with Crippen molar-refractivity contribution in [3.63, 3.8) is 0 Å². The van der Waals surface area contributed by atoms with Crippen molar-refractivity contribution in [2.75, 3.05) is 4.90 Å². The molecule has 0 saturated heterocycles. The van der Waals surface area contributed by atoms with Crippen molar-refractivity contribution in [2.24, 2.45) is 0 Å². The molecule has 0 bridgehead atoms. The van der Waals surface area contributed by atoms with E-state index in [1.165, 1.54) is 6.07 Å². The van der Waals surface area contributed by atoms with Gasteiger partial charge in [0.25, 0.3) is 0 Å². The van der Waals surface area contributed by atoms with Crippen LogP contribution >= 0.6 is 0 Å². The highest BCUT2D eigenvalue weighted by Gasteiger charge is 2.19. The van der Waals surface area contributed by atoms with Crippen LogP contribution < -0.4 is 4.90 Å². The van der Waals surface area contributed by atoms with Crippen LogP contribution in [0, 0.1) is 18.6 Å². The molecule has 3 heterocycles. The highest BCUT2D eigenvalue weighted by atomic mass is 19.1. The molecule has 27 heavy (non-hydrogen) atoms. The van der Waals surface area contributed by atoms with E-state index in [0.29, 0.717) is 6.41 Å². The first-order chi connectivity index (χ1) is 13.1. The number of anilines is 2. The lowest BCUT2D eigenvalue weighted by Gasteiger charge is -2.18. The van der Waals surface area contributed by atoms with Crippen LogP contribution in [0.1, 0.15) is 5.56 Å². The zero-order valence-electron chi connectivity index (χ0n) is 14.3. The Bertz CT molecular complexity index is 1120. The van der Waals surface area contributed by atoms with E-state index in [0.717, 1.165) is 39.2 Å². The van der Waals surface area contributed by atoms with Gasteiger partial charge in [-0.2, -0.15) is 5.10 Å². The lowest BCUT2D eigenvalue weighted by atomic mass is 10.0. The summed E-state index contributed by atoms with van der Waals surface area (Å²) in [4.78, 5) is 16.6. The second-order valence-electron chi connectivity index (χ2n) is 6.02. The summed E-state index contributed by atoms with van der Waals surface area (Å²) in [6.07, 6.45) is 5.53. The molecule has 0 aliphatic rings. The Balaban J connectivity index is 1.74. The fourth-order valence-electron chi connectivity index (χ4n) is 3.00. The molecule has 0 spiro atoms. The van der Waals surface area contributed by atoms with Gasteiger partial charge in [-0.1, -0.05) is 6.07 Å². The van der Waals surface area contributed by atoms with Gasteiger partial charge in [-0.3, -0.25) is 9.69 Å². The summed E-state index contributed by atoms with van der Waals surface area (Å²) in [7, 11) is 0. The van der Waals surface area contributed by atoms with Gasteiger partial charge in [0.2, 0.25) is 6.41 Å². The van der Waals surface area contributed by atoms with Crippen molar-refractivity contribution in [1.29, 1.82) is 0 Å². The van der Waals surface area contributed by atoms with Gasteiger partial charge in [0.1, 0.15) is 23.1 Å². The number of rotatable bonds is 4. The second-order valence-corrected chi connectivity index (χ2v) is 6.02. The van der Waals surface area contributed by atoms with Crippen molar-refractivity contribution in [2.45, 2.75) is 6.92 Å². The van der Waals surface area contributed by atoms with E-state index in [4.69, 9.17) is 0 Å². The quantitative estimate of drug-likeness (QED) is 0.508. The highest BCUT2D eigenvalue weighted by Crippen LogP contribution is 2.30. The molecule has 0 N–H and O–H groups in total. The lowest BCUT2D eigenvalue weighted by molar-refractivity contribution is -0.106. The minimum absolute atomic E-state index is 0.126. The Labute approximate surface area is 153 Å². The normalized spacial score (nSPS) is 10.9. The molecular weight excluding hydrogens is 350 g/mol. The largest absolute Gasteiger partial charge is 0.278 e. The lowest BCUT2D eigenvalue weighted by Crippen LogP contribution is -2.18. The molecule has 0 aliphatic carbocycles. The van der Waals surface area contributed by atoms with Gasteiger partial charge in [0, 0.05) is 24.2 Å². The number of hydrogen-bond acceptors (Lipinski definition) is 3. The molecule has 0 radical (unpaired) electrons. The molecule has 4 rings (SSSR count). The summed E-state index contributed by atoms with van der Waals surface area (Å²) in [5, 5.41) is 4.20. The molecule has 5 nitrogen and oxygen atoms in total. The van der Waals surface area contributed by atoms with Crippen molar-refractivity contribution < 1.29 is 13.6 Å². The number of pyridine rings is 2. The first-order valence-electron chi connectivity index (χ1n) is 8.17. The number of para-hydroxylation sites is 1. The first-order valence-corrected chi connectivity index (χ1v) is 8.17. The molecule has 0 unspecified atom stereocenters. The molecule has 0 aliphatic heterocycles. The van der Waals surface area contributed by atoms with Gasteiger partial charge in [0.05, 0.1) is 5.52 Å². The van der Waals surface area contributed by atoms with E-state index in [2.05, 4.69) is 10.1 Å². The second kappa shape index (κ2) is 6.60. The molecule has 134 valence electrons.